The highest BCUT2D eigenvalue weighted by molar-refractivity contribution is 4.83. The van der Waals surface area contributed by atoms with Gasteiger partial charge in [0.1, 0.15) is 0 Å². The second-order valence-electron chi connectivity index (χ2n) is 5.82. The number of rotatable bonds is 5. The second kappa shape index (κ2) is 5.28. The van der Waals surface area contributed by atoms with E-state index in [1.54, 1.807) is 0 Å². The average Bonchev–Trinajstić information content (AvgIpc) is 2.50. The van der Waals surface area contributed by atoms with Crippen LogP contribution in [0.1, 0.15) is 26.7 Å². The molecule has 1 atom stereocenters. The number of hydrogen-bond acceptors (Lipinski definition) is 3. The lowest BCUT2D eigenvalue weighted by Gasteiger charge is -2.33. The van der Waals surface area contributed by atoms with E-state index in [4.69, 9.17) is 5.73 Å². The van der Waals surface area contributed by atoms with Gasteiger partial charge in [-0.3, -0.25) is 0 Å². The first kappa shape index (κ1) is 12.9. The quantitative estimate of drug-likeness (QED) is 0.739. The van der Waals surface area contributed by atoms with Crippen LogP contribution in [0.4, 0.5) is 0 Å². The van der Waals surface area contributed by atoms with Crippen molar-refractivity contribution >= 4 is 0 Å². The van der Waals surface area contributed by atoms with Gasteiger partial charge in [-0.25, -0.2) is 0 Å². The van der Waals surface area contributed by atoms with Crippen LogP contribution in [-0.4, -0.2) is 56.1 Å². The van der Waals surface area contributed by atoms with Gasteiger partial charge in [0.05, 0.1) is 0 Å². The lowest BCUT2D eigenvalue weighted by molar-refractivity contribution is 0.156. The van der Waals surface area contributed by atoms with Gasteiger partial charge in [-0.15, -0.1) is 0 Å². The Balaban J connectivity index is 2.37. The van der Waals surface area contributed by atoms with Crippen LogP contribution in [0.15, 0.2) is 0 Å². The fraction of sp³-hybridized carbons (Fsp3) is 1.00. The molecule has 1 aliphatic heterocycles. The molecule has 0 aromatic carbocycles. The number of nitrogens with two attached hydrogens (primary N) is 1. The topological polar surface area (TPSA) is 32.5 Å². The van der Waals surface area contributed by atoms with Gasteiger partial charge >= 0.3 is 0 Å². The molecule has 3 heteroatoms. The van der Waals surface area contributed by atoms with Gasteiger partial charge in [0, 0.05) is 19.1 Å². The zero-order valence-corrected chi connectivity index (χ0v) is 10.8. The SMILES string of the molecule is CN1CCC(N(C)CC(C)(C)CCN)C1. The number of nitrogens with zero attached hydrogens (tertiary/aromatic N) is 2. The van der Waals surface area contributed by atoms with E-state index in [0.29, 0.717) is 5.41 Å². The van der Waals surface area contributed by atoms with Gasteiger partial charge < -0.3 is 15.5 Å². The largest absolute Gasteiger partial charge is 0.330 e. The van der Waals surface area contributed by atoms with Crippen LogP contribution in [0.25, 0.3) is 0 Å². The van der Waals surface area contributed by atoms with Crippen molar-refractivity contribution in [2.75, 3.05) is 40.3 Å². The van der Waals surface area contributed by atoms with E-state index in [2.05, 4.69) is 37.7 Å². The summed E-state index contributed by atoms with van der Waals surface area (Å²) in [5, 5.41) is 0. The third-order valence-electron chi connectivity index (χ3n) is 3.49. The first-order valence-electron chi connectivity index (χ1n) is 6.03. The maximum atomic E-state index is 5.64. The molecule has 0 spiro atoms. The fourth-order valence-corrected chi connectivity index (χ4v) is 2.55. The lowest BCUT2D eigenvalue weighted by Crippen LogP contribution is -2.40. The van der Waals surface area contributed by atoms with Gasteiger partial charge in [0.15, 0.2) is 0 Å². The van der Waals surface area contributed by atoms with Crippen LogP contribution in [0.5, 0.6) is 0 Å². The molecule has 1 saturated heterocycles. The first-order valence-corrected chi connectivity index (χ1v) is 6.03. The molecule has 3 nitrogen and oxygen atoms in total. The summed E-state index contributed by atoms with van der Waals surface area (Å²) in [6.07, 6.45) is 2.42. The minimum Gasteiger partial charge on any atom is -0.330 e. The Morgan fingerprint density at radius 2 is 2.13 bits per heavy atom. The van der Waals surface area contributed by atoms with Crippen molar-refractivity contribution in [3.63, 3.8) is 0 Å². The molecule has 0 aliphatic carbocycles. The van der Waals surface area contributed by atoms with Crippen molar-refractivity contribution in [2.45, 2.75) is 32.7 Å². The molecule has 1 rings (SSSR count). The standard InChI is InChI=1S/C12H27N3/c1-12(2,6-7-13)10-15(4)11-5-8-14(3)9-11/h11H,5-10,13H2,1-4H3. The van der Waals surface area contributed by atoms with E-state index < -0.39 is 0 Å². The number of hydrogen-bond donors (Lipinski definition) is 1. The Morgan fingerprint density at radius 1 is 1.47 bits per heavy atom. The van der Waals surface area contributed by atoms with E-state index in [9.17, 15) is 0 Å². The summed E-state index contributed by atoms with van der Waals surface area (Å²) in [4.78, 5) is 4.93. The summed E-state index contributed by atoms with van der Waals surface area (Å²) < 4.78 is 0. The van der Waals surface area contributed by atoms with Crippen LogP contribution in [0, 0.1) is 5.41 Å². The van der Waals surface area contributed by atoms with E-state index in [-0.39, 0.29) is 0 Å². The molecular weight excluding hydrogens is 186 g/mol. The van der Waals surface area contributed by atoms with Crippen LogP contribution in [-0.2, 0) is 0 Å². The molecule has 1 unspecified atom stereocenters. The Morgan fingerprint density at radius 3 is 2.60 bits per heavy atom. The third-order valence-corrected chi connectivity index (χ3v) is 3.49. The van der Waals surface area contributed by atoms with Gasteiger partial charge in [0.25, 0.3) is 0 Å². The molecule has 0 aromatic heterocycles. The molecule has 1 fully saturated rings. The maximum Gasteiger partial charge on any atom is 0.0232 e. The zero-order chi connectivity index (χ0) is 11.5. The number of likely N-dealkylation sites (N-methyl/N-ethyl adjacent to an activating group) is 2. The van der Waals surface area contributed by atoms with Crippen LogP contribution in [0.3, 0.4) is 0 Å². The molecule has 0 aromatic rings. The minimum absolute atomic E-state index is 0.352. The molecule has 90 valence electrons. The fourth-order valence-electron chi connectivity index (χ4n) is 2.55. The molecule has 1 heterocycles. The third kappa shape index (κ3) is 4.09. The normalized spacial score (nSPS) is 24.0. The summed E-state index contributed by atoms with van der Waals surface area (Å²) in [6.45, 7) is 9.04. The molecule has 15 heavy (non-hydrogen) atoms. The highest BCUT2D eigenvalue weighted by Gasteiger charge is 2.27. The first-order chi connectivity index (χ1) is 6.94. The summed E-state index contributed by atoms with van der Waals surface area (Å²) in [5.41, 5.74) is 5.99. The van der Waals surface area contributed by atoms with Gasteiger partial charge in [-0.2, -0.15) is 0 Å². The summed E-state index contributed by atoms with van der Waals surface area (Å²) in [6, 6.07) is 0.743. The van der Waals surface area contributed by atoms with Crippen molar-refractivity contribution in [1.82, 2.24) is 9.80 Å². The summed E-state index contributed by atoms with van der Waals surface area (Å²) in [7, 11) is 4.46. The monoisotopic (exact) mass is 213 g/mol. The van der Waals surface area contributed by atoms with Gasteiger partial charge in [0.2, 0.25) is 0 Å². The molecule has 2 N–H and O–H groups in total. The highest BCUT2D eigenvalue weighted by Crippen LogP contribution is 2.23. The predicted octanol–water partition coefficient (Wildman–Crippen LogP) is 0.997. The predicted molar refractivity (Wildman–Crippen MR) is 66.0 cm³/mol. The molecule has 0 radical (unpaired) electrons. The van der Waals surface area contributed by atoms with E-state index >= 15 is 0 Å². The van der Waals surface area contributed by atoms with Crippen LogP contribution in [0.2, 0.25) is 0 Å². The van der Waals surface area contributed by atoms with Crippen LogP contribution >= 0.6 is 0 Å². The summed E-state index contributed by atoms with van der Waals surface area (Å²) in [5.74, 6) is 0. The Bertz CT molecular complexity index is 191. The summed E-state index contributed by atoms with van der Waals surface area (Å²) >= 11 is 0. The van der Waals surface area contributed by atoms with Crippen molar-refractivity contribution in [2.24, 2.45) is 11.1 Å². The van der Waals surface area contributed by atoms with Crippen molar-refractivity contribution in [1.29, 1.82) is 0 Å². The number of likely N-dealkylation sites (tertiary alicyclic amines) is 1. The van der Waals surface area contributed by atoms with Crippen molar-refractivity contribution in [3.05, 3.63) is 0 Å². The molecule has 0 bridgehead atoms. The Labute approximate surface area is 94.6 Å². The maximum absolute atomic E-state index is 5.64. The van der Waals surface area contributed by atoms with E-state index in [1.165, 1.54) is 19.5 Å². The molecule has 0 amide bonds. The zero-order valence-electron chi connectivity index (χ0n) is 10.8. The molecule has 1 aliphatic rings. The lowest BCUT2D eigenvalue weighted by atomic mass is 9.88. The smallest absolute Gasteiger partial charge is 0.0232 e. The van der Waals surface area contributed by atoms with Gasteiger partial charge in [-0.05, 0) is 45.4 Å². The second-order valence-corrected chi connectivity index (χ2v) is 5.82. The Hall–Kier alpha value is -0.120. The van der Waals surface area contributed by atoms with E-state index in [0.717, 1.165) is 25.6 Å². The van der Waals surface area contributed by atoms with Crippen molar-refractivity contribution < 1.29 is 0 Å². The Kier molecular flexibility index (Phi) is 4.56. The molecule has 0 saturated carbocycles. The average molecular weight is 213 g/mol. The highest BCUT2D eigenvalue weighted by atomic mass is 15.2. The molecular formula is C12H27N3. The van der Waals surface area contributed by atoms with E-state index in [1.807, 2.05) is 0 Å². The van der Waals surface area contributed by atoms with Crippen molar-refractivity contribution in [3.8, 4) is 0 Å². The van der Waals surface area contributed by atoms with Crippen LogP contribution < -0.4 is 5.73 Å². The van der Waals surface area contributed by atoms with Gasteiger partial charge in [-0.1, -0.05) is 13.8 Å². The minimum atomic E-state index is 0.352.